The predicted molar refractivity (Wildman–Crippen MR) is 41.3 cm³/mol. The summed E-state index contributed by atoms with van der Waals surface area (Å²) in [5.41, 5.74) is 0. The normalized spacial score (nSPS) is 12.5. The van der Waals surface area contributed by atoms with Gasteiger partial charge in [-0.25, -0.2) is 9.78 Å². The Morgan fingerprint density at radius 3 is 2.92 bits per heavy atom. The van der Waals surface area contributed by atoms with E-state index in [1.54, 1.807) is 0 Å². The first kappa shape index (κ1) is 8.95. The van der Waals surface area contributed by atoms with Gasteiger partial charge >= 0.3 is 5.97 Å². The molecule has 1 aromatic rings. The van der Waals surface area contributed by atoms with Crippen molar-refractivity contribution in [3.05, 3.63) is 11.1 Å². The van der Waals surface area contributed by atoms with E-state index < -0.39 is 12.1 Å². The molecule has 1 aromatic heterocycles. The second-order valence-corrected chi connectivity index (χ2v) is 3.00. The first-order valence-corrected chi connectivity index (χ1v) is 3.87. The lowest BCUT2D eigenvalue weighted by Crippen LogP contribution is -2.08. The van der Waals surface area contributed by atoms with E-state index in [0.29, 0.717) is 5.19 Å². The Morgan fingerprint density at radius 2 is 2.50 bits per heavy atom. The minimum Gasteiger partial charge on any atom is -0.479 e. The molecule has 0 fully saturated rings. The Balaban J connectivity index is 2.81. The lowest BCUT2D eigenvalue weighted by molar-refractivity contribution is -0.146. The predicted octanol–water partition coefficient (Wildman–Crippen LogP) is 0.270. The minimum absolute atomic E-state index is 0.263. The van der Waals surface area contributed by atoms with Crippen LogP contribution in [0, 0.1) is 0 Å². The summed E-state index contributed by atoms with van der Waals surface area (Å²) in [5, 5.41) is 17.8. The van der Waals surface area contributed by atoms with E-state index >= 15 is 0 Å². The molecule has 0 radical (unpaired) electrons. The van der Waals surface area contributed by atoms with Crippen molar-refractivity contribution in [3.63, 3.8) is 0 Å². The number of hydrogen-bond donors (Lipinski definition) is 2. The van der Waals surface area contributed by atoms with Crippen molar-refractivity contribution >= 4 is 17.3 Å². The molecule has 66 valence electrons. The Morgan fingerprint density at radius 1 is 1.83 bits per heavy atom. The van der Waals surface area contributed by atoms with Gasteiger partial charge in [0.05, 0.1) is 12.0 Å². The highest BCUT2D eigenvalue weighted by molar-refractivity contribution is 7.13. The second-order valence-electron chi connectivity index (χ2n) is 1.97. The van der Waals surface area contributed by atoms with Crippen LogP contribution in [0.2, 0.25) is 0 Å². The molecule has 0 bridgehead atoms. The monoisotopic (exact) mass is 189 g/mol. The minimum atomic E-state index is -1.51. The van der Waals surface area contributed by atoms with Gasteiger partial charge in [-0.1, -0.05) is 11.3 Å². The summed E-state index contributed by atoms with van der Waals surface area (Å²) in [5.74, 6) is -1.29. The van der Waals surface area contributed by atoms with Gasteiger partial charge in [0.15, 0.2) is 6.10 Å². The second kappa shape index (κ2) is 3.51. The fourth-order valence-electron chi connectivity index (χ4n) is 0.612. The van der Waals surface area contributed by atoms with Gasteiger partial charge in [0.1, 0.15) is 0 Å². The van der Waals surface area contributed by atoms with Gasteiger partial charge in [0.25, 0.3) is 5.19 Å². The summed E-state index contributed by atoms with van der Waals surface area (Å²) >= 11 is 1.01. The van der Waals surface area contributed by atoms with E-state index in [-0.39, 0.29) is 4.88 Å². The number of ether oxygens (including phenoxy) is 1. The maximum absolute atomic E-state index is 10.3. The molecule has 1 atom stereocenters. The first-order chi connectivity index (χ1) is 5.65. The zero-order chi connectivity index (χ0) is 9.14. The first-order valence-electron chi connectivity index (χ1n) is 3.05. The van der Waals surface area contributed by atoms with Crippen LogP contribution in [0.25, 0.3) is 0 Å². The molecule has 12 heavy (non-hydrogen) atoms. The molecule has 0 amide bonds. The third-order valence-corrected chi connectivity index (χ3v) is 2.19. The van der Waals surface area contributed by atoms with Crippen molar-refractivity contribution in [3.8, 4) is 5.19 Å². The van der Waals surface area contributed by atoms with Crippen molar-refractivity contribution in [1.29, 1.82) is 0 Å². The fraction of sp³-hybridized carbons (Fsp3) is 0.333. The van der Waals surface area contributed by atoms with Crippen LogP contribution in [0.15, 0.2) is 6.20 Å². The largest absolute Gasteiger partial charge is 0.479 e. The number of aromatic nitrogens is 1. The molecule has 1 unspecified atom stereocenters. The molecule has 2 N–H and O–H groups in total. The highest BCUT2D eigenvalue weighted by Crippen LogP contribution is 2.25. The van der Waals surface area contributed by atoms with Gasteiger partial charge in [-0.05, 0) is 0 Å². The Hall–Kier alpha value is -1.14. The van der Waals surface area contributed by atoms with Crippen molar-refractivity contribution in [2.45, 2.75) is 6.10 Å². The molecule has 0 aliphatic carbocycles. The maximum atomic E-state index is 10.3. The SMILES string of the molecule is COc1ncc(C(O)C(=O)O)s1. The molecule has 0 spiro atoms. The van der Waals surface area contributed by atoms with Crippen LogP contribution in [0.3, 0.4) is 0 Å². The van der Waals surface area contributed by atoms with Gasteiger partial charge in [0.2, 0.25) is 0 Å². The van der Waals surface area contributed by atoms with E-state index in [9.17, 15) is 4.79 Å². The van der Waals surface area contributed by atoms with Crippen LogP contribution in [-0.2, 0) is 4.79 Å². The van der Waals surface area contributed by atoms with Crippen LogP contribution in [0.4, 0.5) is 0 Å². The lowest BCUT2D eigenvalue weighted by atomic mass is 10.3. The summed E-state index contributed by atoms with van der Waals surface area (Å²) in [7, 11) is 1.43. The molecule has 0 saturated heterocycles. The van der Waals surface area contributed by atoms with Gasteiger partial charge in [-0.2, -0.15) is 0 Å². The molecular formula is C6H7NO4S. The quantitative estimate of drug-likeness (QED) is 0.713. The van der Waals surface area contributed by atoms with Crippen molar-refractivity contribution in [2.24, 2.45) is 0 Å². The fourth-order valence-corrected chi connectivity index (χ4v) is 1.32. The third-order valence-electron chi connectivity index (χ3n) is 1.18. The van der Waals surface area contributed by atoms with E-state index in [1.807, 2.05) is 0 Å². The molecular weight excluding hydrogens is 182 g/mol. The number of methoxy groups -OCH3 is 1. The summed E-state index contributed by atoms with van der Waals surface area (Å²) < 4.78 is 4.73. The number of carboxylic acid groups (broad SMARTS) is 1. The number of hydrogen-bond acceptors (Lipinski definition) is 5. The van der Waals surface area contributed by atoms with Crippen molar-refractivity contribution in [1.82, 2.24) is 4.98 Å². The standard InChI is InChI=1S/C6H7NO4S/c1-11-6-7-2-3(12-6)4(8)5(9)10/h2,4,8H,1H3,(H,9,10). The van der Waals surface area contributed by atoms with E-state index in [2.05, 4.69) is 4.98 Å². The van der Waals surface area contributed by atoms with Crippen LogP contribution in [-0.4, -0.2) is 28.3 Å². The molecule has 6 heteroatoms. The average molecular weight is 189 g/mol. The summed E-state index contributed by atoms with van der Waals surface area (Å²) in [6.45, 7) is 0. The highest BCUT2D eigenvalue weighted by Gasteiger charge is 2.18. The van der Waals surface area contributed by atoms with E-state index in [4.69, 9.17) is 14.9 Å². The number of carbonyl (C=O) groups is 1. The number of rotatable bonds is 3. The summed E-state index contributed by atoms with van der Waals surface area (Å²) in [6.07, 6.45) is -0.228. The molecule has 0 saturated carbocycles. The van der Waals surface area contributed by atoms with Crippen LogP contribution in [0.1, 0.15) is 11.0 Å². The molecule has 0 aromatic carbocycles. The van der Waals surface area contributed by atoms with Gasteiger partial charge in [0, 0.05) is 6.20 Å². The van der Waals surface area contributed by atoms with Crippen LogP contribution >= 0.6 is 11.3 Å². The molecule has 1 heterocycles. The number of aliphatic hydroxyl groups is 1. The maximum Gasteiger partial charge on any atom is 0.338 e. The Labute approximate surface area is 72.2 Å². The lowest BCUT2D eigenvalue weighted by Gasteiger charge is -1.98. The summed E-state index contributed by atoms with van der Waals surface area (Å²) in [4.78, 5) is 14.3. The molecule has 1 rings (SSSR count). The zero-order valence-electron chi connectivity index (χ0n) is 6.22. The average Bonchev–Trinajstić information content (AvgIpc) is 2.50. The van der Waals surface area contributed by atoms with Gasteiger partial charge in [-0.15, -0.1) is 0 Å². The number of thiazole rings is 1. The highest BCUT2D eigenvalue weighted by atomic mass is 32.1. The third kappa shape index (κ3) is 1.72. The van der Waals surface area contributed by atoms with Gasteiger partial charge < -0.3 is 14.9 Å². The molecule has 0 aliphatic rings. The Bertz CT molecular complexity index is 285. The zero-order valence-corrected chi connectivity index (χ0v) is 7.04. The van der Waals surface area contributed by atoms with Crippen LogP contribution < -0.4 is 4.74 Å². The van der Waals surface area contributed by atoms with E-state index in [1.165, 1.54) is 13.3 Å². The molecule has 5 nitrogen and oxygen atoms in total. The summed E-state index contributed by atoms with van der Waals surface area (Å²) in [6, 6.07) is 0. The molecule has 0 aliphatic heterocycles. The topological polar surface area (TPSA) is 79.7 Å². The van der Waals surface area contributed by atoms with Gasteiger partial charge in [-0.3, -0.25) is 0 Å². The number of aliphatic hydroxyl groups excluding tert-OH is 1. The number of nitrogens with zero attached hydrogens (tertiary/aromatic N) is 1. The number of carboxylic acids is 1. The smallest absolute Gasteiger partial charge is 0.338 e. The Kier molecular flexibility index (Phi) is 2.61. The van der Waals surface area contributed by atoms with Crippen LogP contribution in [0.5, 0.6) is 5.19 Å². The van der Waals surface area contributed by atoms with E-state index in [0.717, 1.165) is 11.3 Å². The van der Waals surface area contributed by atoms with Crippen molar-refractivity contribution in [2.75, 3.05) is 7.11 Å². The number of aliphatic carboxylic acids is 1. The van der Waals surface area contributed by atoms with Crippen molar-refractivity contribution < 1.29 is 19.7 Å².